The average Bonchev–Trinajstić information content (AvgIpc) is 2.27. The van der Waals surface area contributed by atoms with E-state index in [1.165, 1.54) is 0 Å². The van der Waals surface area contributed by atoms with E-state index in [1.54, 1.807) is 20.8 Å². The number of halogens is 3. The molecule has 2 N–H and O–H groups in total. The molecule has 1 rings (SSSR count). The number of carbonyl (C=O) groups is 1. The van der Waals surface area contributed by atoms with E-state index < -0.39 is 23.9 Å². The van der Waals surface area contributed by atoms with Gasteiger partial charge in [-0.25, -0.2) is 4.79 Å². The van der Waals surface area contributed by atoms with Crippen molar-refractivity contribution in [3.63, 3.8) is 0 Å². The van der Waals surface area contributed by atoms with Gasteiger partial charge in [0, 0.05) is 14.9 Å². The van der Waals surface area contributed by atoms with Crippen LogP contribution in [0.2, 0.25) is 0 Å². The zero-order valence-electron chi connectivity index (χ0n) is 13.0. The summed E-state index contributed by atoms with van der Waals surface area (Å²) in [5.74, 6) is 0. The Morgan fingerprint density at radius 2 is 1.62 bits per heavy atom. The Morgan fingerprint density at radius 1 is 1.14 bits per heavy atom. The molecule has 0 heterocycles. The van der Waals surface area contributed by atoms with Gasteiger partial charge in [-0.1, -0.05) is 0 Å². The Hall–Kier alpha value is -0.980. The summed E-state index contributed by atoms with van der Waals surface area (Å²) in [6, 6.07) is -1.68. The highest BCUT2D eigenvalue weighted by atomic mass is 19.4. The summed E-state index contributed by atoms with van der Waals surface area (Å²) < 4.78 is 42.6. The summed E-state index contributed by atoms with van der Waals surface area (Å²) in [5.41, 5.74) is -0.551. The van der Waals surface area contributed by atoms with Crippen LogP contribution < -0.4 is 10.6 Å². The van der Waals surface area contributed by atoms with Crippen LogP contribution >= 0.6 is 0 Å². The molecule has 1 amide bonds. The third-order valence-corrected chi connectivity index (χ3v) is 3.42. The Bertz CT molecular complexity index is 355. The molecule has 1 fully saturated rings. The number of ether oxygens (including phenoxy) is 1. The monoisotopic (exact) mass is 314 g/mol. The molecule has 0 saturated heterocycles. The highest BCUT2D eigenvalue weighted by Crippen LogP contribution is 2.24. The molecular weight excluding hydrogens is 285 g/mol. The van der Waals surface area contributed by atoms with Crippen molar-refractivity contribution < 1.29 is 25.6 Å². The van der Waals surface area contributed by atoms with Crippen molar-refractivity contribution in [1.82, 2.24) is 10.6 Å². The zero-order chi connectivity index (χ0) is 16.3. The third-order valence-electron chi connectivity index (χ3n) is 3.42. The molecule has 1 aliphatic rings. The van der Waals surface area contributed by atoms with Crippen LogP contribution in [0.15, 0.2) is 0 Å². The smallest absolute Gasteiger partial charge is 0.407 e. The number of alkyl halides is 3. The number of carbonyl (C=O) groups excluding carboxylic acids is 1. The van der Waals surface area contributed by atoms with Crippen LogP contribution in [-0.4, -0.2) is 36.0 Å². The molecule has 7 heteroatoms. The van der Waals surface area contributed by atoms with E-state index in [4.69, 9.17) is 4.74 Å². The standard InChI is InChI=1S/C14H25F3N2O2.2H2/c1-9(14(15,16)17)18-10-5-7-11(8-6-10)19-12(20)21-13(2,3)4;;/h9-11,18H,5-8H2,1-4H3,(H,19,20);2*1H. The molecule has 0 bridgehead atoms. The van der Waals surface area contributed by atoms with Crippen LogP contribution in [-0.2, 0) is 4.74 Å². The molecule has 128 valence electrons. The molecule has 4 nitrogen and oxygen atoms in total. The Balaban J connectivity index is 0. The number of alkyl carbamates (subject to hydrolysis) is 1. The second-order valence-electron chi connectivity index (χ2n) is 6.62. The molecule has 1 aliphatic carbocycles. The van der Waals surface area contributed by atoms with Crippen molar-refractivity contribution in [3.8, 4) is 0 Å². The maximum atomic E-state index is 12.5. The fourth-order valence-electron chi connectivity index (χ4n) is 2.33. The normalized spacial score (nSPS) is 25.3. The first kappa shape index (κ1) is 18.1. The van der Waals surface area contributed by atoms with E-state index in [1.807, 2.05) is 0 Å². The van der Waals surface area contributed by atoms with E-state index in [0.29, 0.717) is 25.7 Å². The maximum absolute atomic E-state index is 12.5. The van der Waals surface area contributed by atoms with Crippen LogP contribution in [0.1, 0.15) is 56.2 Å². The van der Waals surface area contributed by atoms with Crippen molar-refractivity contribution in [2.45, 2.75) is 83.3 Å². The first-order chi connectivity index (χ1) is 9.47. The third kappa shape index (κ3) is 7.02. The van der Waals surface area contributed by atoms with Gasteiger partial charge in [0.1, 0.15) is 11.6 Å². The van der Waals surface area contributed by atoms with Crippen molar-refractivity contribution in [2.75, 3.05) is 0 Å². The van der Waals surface area contributed by atoms with Crippen LogP contribution in [0.25, 0.3) is 0 Å². The largest absolute Gasteiger partial charge is 0.444 e. The van der Waals surface area contributed by atoms with Gasteiger partial charge in [0.25, 0.3) is 0 Å². The molecule has 0 spiro atoms. The van der Waals surface area contributed by atoms with Crippen LogP contribution in [0.4, 0.5) is 18.0 Å². The lowest BCUT2D eigenvalue weighted by molar-refractivity contribution is -0.153. The average molecular weight is 314 g/mol. The number of hydrogen-bond donors (Lipinski definition) is 2. The first-order valence-electron chi connectivity index (χ1n) is 7.29. The molecule has 0 radical (unpaired) electrons. The fourth-order valence-corrected chi connectivity index (χ4v) is 2.33. The second-order valence-corrected chi connectivity index (χ2v) is 6.62. The van der Waals surface area contributed by atoms with Gasteiger partial charge in [0.05, 0.1) is 0 Å². The molecule has 1 atom stereocenters. The molecule has 0 aliphatic heterocycles. The van der Waals surface area contributed by atoms with E-state index in [0.717, 1.165) is 6.92 Å². The summed E-state index contributed by atoms with van der Waals surface area (Å²) in [6.45, 7) is 6.48. The van der Waals surface area contributed by atoms with Gasteiger partial charge in [-0.15, -0.1) is 0 Å². The lowest BCUT2D eigenvalue weighted by atomic mass is 9.91. The van der Waals surface area contributed by atoms with Crippen LogP contribution in [0, 0.1) is 0 Å². The van der Waals surface area contributed by atoms with Crippen molar-refractivity contribution >= 4 is 6.09 Å². The zero-order valence-corrected chi connectivity index (χ0v) is 13.0. The predicted octanol–water partition coefficient (Wildman–Crippen LogP) is 3.85. The quantitative estimate of drug-likeness (QED) is 0.832. The van der Waals surface area contributed by atoms with Crippen LogP contribution in [0.3, 0.4) is 0 Å². The molecule has 21 heavy (non-hydrogen) atoms. The van der Waals surface area contributed by atoms with E-state index >= 15 is 0 Å². The van der Waals surface area contributed by atoms with Gasteiger partial charge in [-0.3, -0.25) is 0 Å². The highest BCUT2D eigenvalue weighted by molar-refractivity contribution is 5.68. The van der Waals surface area contributed by atoms with Crippen molar-refractivity contribution in [3.05, 3.63) is 0 Å². The van der Waals surface area contributed by atoms with Crippen LogP contribution in [0.5, 0.6) is 0 Å². The SMILES string of the molecule is CC(NC1CCC(NC(=O)OC(C)(C)C)CC1)C(F)(F)F.[HH].[HH]. The fraction of sp³-hybridized carbons (Fsp3) is 0.929. The molecule has 0 aromatic heterocycles. The molecule has 0 aromatic carbocycles. The van der Waals surface area contributed by atoms with Crippen molar-refractivity contribution in [2.24, 2.45) is 0 Å². The van der Waals surface area contributed by atoms with Crippen molar-refractivity contribution in [1.29, 1.82) is 0 Å². The Kier molecular flexibility index (Phi) is 5.90. The summed E-state index contributed by atoms with van der Waals surface area (Å²) in [4.78, 5) is 11.6. The topological polar surface area (TPSA) is 50.4 Å². The summed E-state index contributed by atoms with van der Waals surface area (Å²) in [5, 5.41) is 5.37. The molecular formula is C14H29F3N2O2. The molecule has 1 unspecified atom stereocenters. The second kappa shape index (κ2) is 6.85. The molecule has 0 aromatic rings. The summed E-state index contributed by atoms with van der Waals surface area (Å²) in [7, 11) is 0. The van der Waals surface area contributed by atoms with Gasteiger partial charge in [0.2, 0.25) is 0 Å². The van der Waals surface area contributed by atoms with E-state index in [9.17, 15) is 18.0 Å². The Labute approximate surface area is 126 Å². The lowest BCUT2D eigenvalue weighted by Gasteiger charge is -2.32. The van der Waals surface area contributed by atoms with Gasteiger partial charge < -0.3 is 15.4 Å². The van der Waals surface area contributed by atoms with Gasteiger partial charge >= 0.3 is 12.3 Å². The highest BCUT2D eigenvalue weighted by Gasteiger charge is 2.37. The predicted molar refractivity (Wildman–Crippen MR) is 78.3 cm³/mol. The van der Waals surface area contributed by atoms with E-state index in [2.05, 4.69) is 10.6 Å². The van der Waals surface area contributed by atoms with E-state index in [-0.39, 0.29) is 14.9 Å². The minimum absolute atomic E-state index is 0. The maximum Gasteiger partial charge on any atom is 0.407 e. The minimum Gasteiger partial charge on any atom is -0.444 e. The van der Waals surface area contributed by atoms with Gasteiger partial charge in [0.15, 0.2) is 0 Å². The van der Waals surface area contributed by atoms with Gasteiger partial charge in [-0.2, -0.15) is 13.2 Å². The summed E-state index contributed by atoms with van der Waals surface area (Å²) in [6.07, 6.45) is -2.15. The summed E-state index contributed by atoms with van der Waals surface area (Å²) >= 11 is 0. The number of nitrogens with one attached hydrogen (secondary N) is 2. The van der Waals surface area contributed by atoms with Gasteiger partial charge in [-0.05, 0) is 53.4 Å². The number of rotatable bonds is 3. The molecule has 1 saturated carbocycles. The Morgan fingerprint density at radius 3 is 2.05 bits per heavy atom. The first-order valence-corrected chi connectivity index (χ1v) is 7.29. The number of hydrogen-bond acceptors (Lipinski definition) is 3. The lowest BCUT2D eigenvalue weighted by Crippen LogP contribution is -2.49. The number of amides is 1. The minimum atomic E-state index is -4.22.